The molecule has 0 saturated heterocycles. The van der Waals surface area contributed by atoms with E-state index in [0.29, 0.717) is 0 Å². The standard InChI is InChI=1S/C14H21NO2/c1-12(14(16)17)15-11-7-3-6-10-13-8-4-2-5-9-13/h2,4-5,8-9,12,15H,3,6-7,10-11H2,1H3,(H,16,17)/t12-/m0/s1. The molecule has 0 aliphatic heterocycles. The molecule has 0 aliphatic carbocycles. The van der Waals surface area contributed by atoms with Crippen LogP contribution in [0.15, 0.2) is 30.3 Å². The van der Waals surface area contributed by atoms with Crippen molar-refractivity contribution in [2.24, 2.45) is 0 Å². The largest absolute Gasteiger partial charge is 0.480 e. The van der Waals surface area contributed by atoms with E-state index in [9.17, 15) is 4.79 Å². The number of aliphatic carboxylic acids is 1. The normalized spacial score (nSPS) is 12.3. The highest BCUT2D eigenvalue weighted by atomic mass is 16.4. The summed E-state index contributed by atoms with van der Waals surface area (Å²) in [6, 6.07) is 10.00. The first kappa shape index (κ1) is 13.7. The molecular weight excluding hydrogens is 214 g/mol. The molecule has 1 atom stereocenters. The second-order valence-electron chi connectivity index (χ2n) is 4.31. The molecule has 0 saturated carbocycles. The molecule has 0 radical (unpaired) electrons. The lowest BCUT2D eigenvalue weighted by Crippen LogP contribution is -2.34. The van der Waals surface area contributed by atoms with Gasteiger partial charge in [0.25, 0.3) is 0 Å². The third kappa shape index (κ3) is 6.07. The lowest BCUT2D eigenvalue weighted by Gasteiger charge is -2.08. The summed E-state index contributed by atoms with van der Waals surface area (Å²) in [4.78, 5) is 10.5. The molecular formula is C14H21NO2. The van der Waals surface area contributed by atoms with Crippen LogP contribution in [0.5, 0.6) is 0 Å². The quantitative estimate of drug-likeness (QED) is 0.680. The maximum Gasteiger partial charge on any atom is 0.320 e. The summed E-state index contributed by atoms with van der Waals surface area (Å²) >= 11 is 0. The van der Waals surface area contributed by atoms with Gasteiger partial charge < -0.3 is 10.4 Å². The van der Waals surface area contributed by atoms with Crippen LogP contribution in [0.4, 0.5) is 0 Å². The molecule has 1 aromatic carbocycles. The number of hydrogen-bond donors (Lipinski definition) is 2. The van der Waals surface area contributed by atoms with E-state index in [4.69, 9.17) is 5.11 Å². The lowest BCUT2D eigenvalue weighted by atomic mass is 10.1. The molecule has 17 heavy (non-hydrogen) atoms. The van der Waals surface area contributed by atoms with Crippen molar-refractivity contribution in [3.63, 3.8) is 0 Å². The number of hydrogen-bond acceptors (Lipinski definition) is 2. The number of nitrogens with one attached hydrogen (secondary N) is 1. The van der Waals surface area contributed by atoms with E-state index in [2.05, 4.69) is 29.6 Å². The molecule has 0 amide bonds. The van der Waals surface area contributed by atoms with Crippen molar-refractivity contribution in [2.45, 2.75) is 38.6 Å². The van der Waals surface area contributed by atoms with Crippen LogP contribution in [0, 0.1) is 0 Å². The molecule has 0 aliphatic rings. The summed E-state index contributed by atoms with van der Waals surface area (Å²) in [5.74, 6) is -0.783. The molecule has 3 nitrogen and oxygen atoms in total. The first-order valence-electron chi connectivity index (χ1n) is 6.20. The van der Waals surface area contributed by atoms with Crippen LogP contribution in [0.25, 0.3) is 0 Å². The Balaban J connectivity index is 2.00. The van der Waals surface area contributed by atoms with Gasteiger partial charge in [-0.05, 0) is 38.3 Å². The lowest BCUT2D eigenvalue weighted by molar-refractivity contribution is -0.138. The topological polar surface area (TPSA) is 49.3 Å². The molecule has 1 aromatic rings. The zero-order valence-electron chi connectivity index (χ0n) is 10.4. The van der Waals surface area contributed by atoms with Gasteiger partial charge in [0.2, 0.25) is 0 Å². The summed E-state index contributed by atoms with van der Waals surface area (Å²) in [5, 5.41) is 11.7. The van der Waals surface area contributed by atoms with E-state index in [1.54, 1.807) is 6.92 Å². The van der Waals surface area contributed by atoms with Gasteiger partial charge in [0.05, 0.1) is 0 Å². The number of carboxylic acid groups (broad SMARTS) is 1. The minimum atomic E-state index is -0.783. The Morgan fingerprint density at radius 3 is 2.59 bits per heavy atom. The van der Waals surface area contributed by atoms with Crippen molar-refractivity contribution in [1.82, 2.24) is 5.32 Å². The molecule has 0 fully saturated rings. The maximum atomic E-state index is 10.5. The molecule has 1 rings (SSSR count). The Hall–Kier alpha value is -1.35. The van der Waals surface area contributed by atoms with Crippen molar-refractivity contribution < 1.29 is 9.90 Å². The maximum absolute atomic E-state index is 10.5. The summed E-state index contributed by atoms with van der Waals surface area (Å²) in [6.45, 7) is 2.45. The summed E-state index contributed by atoms with van der Waals surface area (Å²) in [7, 11) is 0. The fourth-order valence-corrected chi connectivity index (χ4v) is 1.68. The van der Waals surface area contributed by atoms with Gasteiger partial charge >= 0.3 is 5.97 Å². The van der Waals surface area contributed by atoms with E-state index in [1.165, 1.54) is 5.56 Å². The SMILES string of the molecule is C[C@H](NCCCCCc1ccccc1)C(=O)O. The summed E-state index contributed by atoms with van der Waals surface area (Å²) in [6.07, 6.45) is 4.43. The number of aryl methyl sites for hydroxylation is 1. The van der Waals surface area contributed by atoms with Gasteiger partial charge in [-0.15, -0.1) is 0 Å². The van der Waals surface area contributed by atoms with E-state index < -0.39 is 12.0 Å². The van der Waals surface area contributed by atoms with Crippen LogP contribution >= 0.6 is 0 Å². The summed E-state index contributed by atoms with van der Waals surface area (Å²) in [5.41, 5.74) is 1.37. The fraction of sp³-hybridized carbons (Fsp3) is 0.500. The number of carboxylic acids is 1. The van der Waals surface area contributed by atoms with Gasteiger partial charge in [0, 0.05) is 0 Å². The minimum absolute atomic E-state index is 0.441. The molecule has 0 bridgehead atoms. The fourth-order valence-electron chi connectivity index (χ4n) is 1.68. The Morgan fingerprint density at radius 1 is 1.24 bits per heavy atom. The Labute approximate surface area is 103 Å². The highest BCUT2D eigenvalue weighted by Gasteiger charge is 2.07. The van der Waals surface area contributed by atoms with Gasteiger partial charge in [-0.3, -0.25) is 4.79 Å². The third-order valence-corrected chi connectivity index (χ3v) is 2.81. The van der Waals surface area contributed by atoms with Gasteiger partial charge in [0.1, 0.15) is 6.04 Å². The van der Waals surface area contributed by atoms with Crippen LogP contribution in [0.3, 0.4) is 0 Å². The van der Waals surface area contributed by atoms with Gasteiger partial charge in [-0.2, -0.15) is 0 Å². The number of unbranched alkanes of at least 4 members (excludes halogenated alkanes) is 2. The smallest absolute Gasteiger partial charge is 0.320 e. The van der Waals surface area contributed by atoms with Crippen molar-refractivity contribution in [3.05, 3.63) is 35.9 Å². The molecule has 3 heteroatoms. The van der Waals surface area contributed by atoms with E-state index >= 15 is 0 Å². The van der Waals surface area contributed by atoms with Crippen LogP contribution in [0.1, 0.15) is 31.7 Å². The zero-order valence-corrected chi connectivity index (χ0v) is 10.4. The van der Waals surface area contributed by atoms with Crippen molar-refractivity contribution in [2.75, 3.05) is 6.54 Å². The van der Waals surface area contributed by atoms with Crippen molar-refractivity contribution >= 4 is 5.97 Å². The van der Waals surface area contributed by atoms with Crippen LogP contribution in [-0.2, 0) is 11.2 Å². The number of carbonyl (C=O) groups is 1. The van der Waals surface area contributed by atoms with E-state index in [0.717, 1.165) is 32.2 Å². The van der Waals surface area contributed by atoms with Crippen molar-refractivity contribution in [3.8, 4) is 0 Å². The third-order valence-electron chi connectivity index (χ3n) is 2.81. The van der Waals surface area contributed by atoms with Crippen molar-refractivity contribution in [1.29, 1.82) is 0 Å². The average Bonchev–Trinajstić information content (AvgIpc) is 2.34. The average molecular weight is 235 g/mol. The van der Waals surface area contributed by atoms with Gasteiger partial charge in [-0.1, -0.05) is 36.8 Å². The first-order chi connectivity index (χ1) is 8.20. The highest BCUT2D eigenvalue weighted by Crippen LogP contribution is 2.05. The minimum Gasteiger partial charge on any atom is -0.480 e. The zero-order chi connectivity index (χ0) is 12.5. The predicted molar refractivity (Wildman–Crippen MR) is 69.1 cm³/mol. The Kier molecular flexibility index (Phi) is 6.33. The molecule has 94 valence electrons. The van der Waals surface area contributed by atoms with E-state index in [-0.39, 0.29) is 0 Å². The molecule has 0 aromatic heterocycles. The van der Waals surface area contributed by atoms with Gasteiger partial charge in [-0.25, -0.2) is 0 Å². The predicted octanol–water partition coefficient (Wildman–Crippen LogP) is 2.46. The number of rotatable bonds is 8. The Morgan fingerprint density at radius 2 is 1.94 bits per heavy atom. The second-order valence-corrected chi connectivity index (χ2v) is 4.31. The van der Waals surface area contributed by atoms with Gasteiger partial charge in [0.15, 0.2) is 0 Å². The monoisotopic (exact) mass is 235 g/mol. The van der Waals surface area contributed by atoms with Crippen LogP contribution in [-0.4, -0.2) is 23.7 Å². The Bertz CT molecular complexity index is 324. The second kappa shape index (κ2) is 7.85. The number of benzene rings is 1. The van der Waals surface area contributed by atoms with Crippen LogP contribution < -0.4 is 5.32 Å². The highest BCUT2D eigenvalue weighted by molar-refractivity contribution is 5.72. The first-order valence-corrected chi connectivity index (χ1v) is 6.20. The summed E-state index contributed by atoms with van der Waals surface area (Å²) < 4.78 is 0. The molecule has 0 spiro atoms. The van der Waals surface area contributed by atoms with E-state index in [1.807, 2.05) is 6.07 Å². The molecule has 2 N–H and O–H groups in total. The molecule has 0 heterocycles. The van der Waals surface area contributed by atoms with Crippen LogP contribution in [0.2, 0.25) is 0 Å². The molecule has 0 unspecified atom stereocenters.